The molecule has 1 aromatic carbocycles. The maximum Gasteiger partial charge on any atom is 0.306 e. The molecule has 3 N–H and O–H groups in total. The van der Waals surface area contributed by atoms with Gasteiger partial charge in [0.2, 0.25) is 5.91 Å². The fourth-order valence-corrected chi connectivity index (χ4v) is 4.35. The summed E-state index contributed by atoms with van der Waals surface area (Å²) in [6.45, 7) is 6.08. The summed E-state index contributed by atoms with van der Waals surface area (Å²) in [6, 6.07) is 4.61. The van der Waals surface area contributed by atoms with Crippen molar-refractivity contribution in [2.24, 2.45) is 19.8 Å². The fourth-order valence-electron chi connectivity index (χ4n) is 4.35. The summed E-state index contributed by atoms with van der Waals surface area (Å²) in [7, 11) is 3.79. The molecule has 11 nitrogen and oxygen atoms in total. The summed E-state index contributed by atoms with van der Waals surface area (Å²) in [5.41, 5.74) is 8.84. The van der Waals surface area contributed by atoms with Gasteiger partial charge in [-0.1, -0.05) is 6.07 Å². The molecule has 4 rings (SSSR count). The highest BCUT2D eigenvalue weighted by molar-refractivity contribution is 6.01. The Morgan fingerprint density at radius 2 is 1.97 bits per heavy atom. The summed E-state index contributed by atoms with van der Waals surface area (Å²) in [5, 5.41) is 7.45. The molecule has 1 unspecified atom stereocenters. The number of benzene rings is 1. The van der Waals surface area contributed by atoms with Crippen LogP contribution in [0.15, 0.2) is 36.8 Å². The number of rotatable bonds is 9. The first-order valence-electron chi connectivity index (χ1n) is 12.1. The van der Waals surface area contributed by atoms with Gasteiger partial charge in [-0.3, -0.25) is 19.1 Å². The van der Waals surface area contributed by atoms with Gasteiger partial charge in [0.15, 0.2) is 0 Å². The van der Waals surface area contributed by atoms with Crippen LogP contribution in [0.25, 0.3) is 11.3 Å². The van der Waals surface area contributed by atoms with E-state index in [0.29, 0.717) is 12.1 Å². The molecule has 3 aromatic rings. The number of hydrogen-bond acceptors (Lipinski definition) is 7. The van der Waals surface area contributed by atoms with Crippen LogP contribution in [0, 0.1) is 0 Å². The number of carbonyl (C=O) groups is 3. The smallest absolute Gasteiger partial charge is 0.306 e. The molecule has 2 amide bonds. The summed E-state index contributed by atoms with van der Waals surface area (Å²) in [5.74, 6) is -0.528. The number of nitrogens with zero attached hydrogens (tertiary/aromatic N) is 5. The minimum absolute atomic E-state index is 0.0138. The number of anilines is 1. The van der Waals surface area contributed by atoms with E-state index >= 15 is 0 Å². The number of esters is 1. The van der Waals surface area contributed by atoms with E-state index in [1.54, 1.807) is 37.7 Å². The molecule has 0 saturated carbocycles. The number of aryl methyl sites for hydroxylation is 2. The van der Waals surface area contributed by atoms with Gasteiger partial charge in [0.05, 0.1) is 24.1 Å². The van der Waals surface area contributed by atoms with E-state index in [1.807, 2.05) is 43.2 Å². The number of fused-ring (bicyclic) bond motifs is 1. The largest absolute Gasteiger partial charge is 0.460 e. The molecule has 0 fully saturated rings. The number of aromatic nitrogens is 4. The van der Waals surface area contributed by atoms with E-state index in [0.717, 1.165) is 28.3 Å². The third-order valence-electron chi connectivity index (χ3n) is 6.11. The second-order valence-electron chi connectivity index (χ2n) is 10.3. The Morgan fingerprint density at radius 1 is 1.22 bits per heavy atom. The van der Waals surface area contributed by atoms with Gasteiger partial charge >= 0.3 is 5.97 Å². The number of amides is 2. The van der Waals surface area contributed by atoms with Crippen LogP contribution < -0.4 is 11.1 Å². The zero-order valence-corrected chi connectivity index (χ0v) is 21.8. The minimum Gasteiger partial charge on any atom is -0.460 e. The first-order valence-corrected chi connectivity index (χ1v) is 12.1. The average Bonchev–Trinajstić information content (AvgIpc) is 3.48. The Labute approximate surface area is 215 Å². The molecule has 11 heteroatoms. The van der Waals surface area contributed by atoms with E-state index < -0.39 is 23.5 Å². The Balaban J connectivity index is 1.46. The lowest BCUT2D eigenvalue weighted by molar-refractivity contribution is -0.155. The summed E-state index contributed by atoms with van der Waals surface area (Å²) >= 11 is 0. The van der Waals surface area contributed by atoms with Gasteiger partial charge in [0.1, 0.15) is 17.5 Å². The second-order valence-corrected chi connectivity index (χ2v) is 10.3. The molecule has 1 aliphatic heterocycles. The van der Waals surface area contributed by atoms with Crippen LogP contribution in [0.4, 0.5) is 5.69 Å². The van der Waals surface area contributed by atoms with Crippen LogP contribution >= 0.6 is 0 Å². The molecular weight excluding hydrogens is 474 g/mol. The van der Waals surface area contributed by atoms with Gasteiger partial charge < -0.3 is 25.3 Å². The summed E-state index contributed by atoms with van der Waals surface area (Å²) in [4.78, 5) is 43.7. The van der Waals surface area contributed by atoms with Crippen molar-refractivity contribution >= 4 is 23.5 Å². The molecule has 0 bridgehead atoms. The topological polar surface area (TPSA) is 137 Å². The highest BCUT2D eigenvalue weighted by atomic mass is 16.6. The molecule has 37 heavy (non-hydrogen) atoms. The molecule has 1 aliphatic rings. The van der Waals surface area contributed by atoms with E-state index in [9.17, 15) is 14.4 Å². The zero-order valence-electron chi connectivity index (χ0n) is 21.8. The highest BCUT2D eigenvalue weighted by Crippen LogP contribution is 2.30. The van der Waals surface area contributed by atoms with Crippen LogP contribution in [0.2, 0.25) is 0 Å². The SMILES string of the molecule is Cn1cc(NCc2nc(-c3ccc4c(c3)CN(C(CCC(=O)OC(C)(C)C)C(N)=O)C4=O)cn2C)cn1. The maximum atomic E-state index is 13.1. The van der Waals surface area contributed by atoms with Crippen molar-refractivity contribution in [3.8, 4) is 11.3 Å². The van der Waals surface area contributed by atoms with E-state index in [2.05, 4.69) is 10.4 Å². The van der Waals surface area contributed by atoms with Crippen molar-refractivity contribution in [3.63, 3.8) is 0 Å². The van der Waals surface area contributed by atoms with E-state index in [4.69, 9.17) is 15.5 Å². The average molecular weight is 508 g/mol. The number of ether oxygens (including phenoxy) is 1. The molecule has 1 atom stereocenters. The van der Waals surface area contributed by atoms with Crippen molar-refractivity contribution in [2.75, 3.05) is 5.32 Å². The first kappa shape index (κ1) is 25.9. The lowest BCUT2D eigenvalue weighted by atomic mass is 10.0. The Kier molecular flexibility index (Phi) is 7.06. The van der Waals surface area contributed by atoms with E-state index in [-0.39, 0.29) is 25.3 Å². The van der Waals surface area contributed by atoms with Crippen LogP contribution in [-0.2, 0) is 41.5 Å². The van der Waals surface area contributed by atoms with Gasteiger partial charge in [-0.2, -0.15) is 5.10 Å². The molecule has 0 radical (unpaired) electrons. The van der Waals surface area contributed by atoms with Gasteiger partial charge in [0.25, 0.3) is 5.91 Å². The maximum absolute atomic E-state index is 13.1. The lowest BCUT2D eigenvalue weighted by Crippen LogP contribution is -2.45. The van der Waals surface area contributed by atoms with Gasteiger partial charge in [-0.15, -0.1) is 0 Å². The fraction of sp³-hybridized carbons (Fsp3) is 0.423. The number of nitrogens with one attached hydrogen (secondary N) is 1. The quantitative estimate of drug-likeness (QED) is 0.424. The van der Waals surface area contributed by atoms with Crippen molar-refractivity contribution in [2.45, 2.75) is 58.3 Å². The molecule has 0 spiro atoms. The molecule has 3 heterocycles. The Morgan fingerprint density at radius 3 is 2.62 bits per heavy atom. The van der Waals surface area contributed by atoms with Crippen LogP contribution in [0.5, 0.6) is 0 Å². The van der Waals surface area contributed by atoms with Gasteiger partial charge in [-0.05, 0) is 44.9 Å². The molecular formula is C26H33N7O4. The molecule has 196 valence electrons. The van der Waals surface area contributed by atoms with Crippen molar-refractivity contribution in [1.82, 2.24) is 24.2 Å². The number of carbonyl (C=O) groups excluding carboxylic acids is 3. The summed E-state index contributed by atoms with van der Waals surface area (Å²) in [6.07, 6.45) is 5.66. The van der Waals surface area contributed by atoms with Crippen molar-refractivity contribution in [1.29, 1.82) is 0 Å². The third kappa shape index (κ3) is 5.99. The molecule has 0 saturated heterocycles. The predicted octanol–water partition coefficient (Wildman–Crippen LogP) is 2.36. The first-order chi connectivity index (χ1) is 17.4. The number of nitrogens with two attached hydrogens (primary N) is 1. The minimum atomic E-state index is -0.907. The highest BCUT2D eigenvalue weighted by Gasteiger charge is 2.36. The van der Waals surface area contributed by atoms with Crippen molar-refractivity contribution in [3.05, 3.63) is 53.7 Å². The standard InChI is InChI=1S/C26H33N7O4/c1-26(2,3)37-23(34)9-8-21(24(27)35)33-13-17-10-16(6-7-19(17)25(33)36)20-15-31(4)22(30-20)12-28-18-11-29-32(5)14-18/h6-7,10-11,14-15,21,28H,8-9,12-13H2,1-5H3,(H2,27,35). The zero-order chi connectivity index (χ0) is 26.9. The Bertz CT molecular complexity index is 1330. The van der Waals surface area contributed by atoms with Crippen LogP contribution in [0.3, 0.4) is 0 Å². The lowest BCUT2D eigenvalue weighted by Gasteiger charge is -2.25. The number of hydrogen-bond donors (Lipinski definition) is 2. The monoisotopic (exact) mass is 507 g/mol. The van der Waals surface area contributed by atoms with E-state index in [1.165, 1.54) is 4.90 Å². The molecule has 0 aliphatic carbocycles. The van der Waals surface area contributed by atoms with Crippen LogP contribution in [0.1, 0.15) is 55.4 Å². The summed E-state index contributed by atoms with van der Waals surface area (Å²) < 4.78 is 9.00. The number of primary amides is 1. The Hall–Kier alpha value is -4.15. The third-order valence-corrected chi connectivity index (χ3v) is 6.11. The van der Waals surface area contributed by atoms with Gasteiger partial charge in [-0.25, -0.2) is 4.98 Å². The predicted molar refractivity (Wildman–Crippen MR) is 137 cm³/mol. The second kappa shape index (κ2) is 10.1. The van der Waals surface area contributed by atoms with Gasteiger partial charge in [0, 0.05) is 50.6 Å². The van der Waals surface area contributed by atoms with Crippen LogP contribution in [-0.4, -0.2) is 53.7 Å². The number of imidazole rings is 1. The van der Waals surface area contributed by atoms with Crippen molar-refractivity contribution < 1.29 is 19.1 Å². The molecule has 2 aromatic heterocycles. The normalized spacial score (nSPS) is 14.0.